The molecule has 0 aliphatic rings. The van der Waals surface area contributed by atoms with Crippen LogP contribution in [0.2, 0.25) is 0 Å². The first-order valence-corrected chi connectivity index (χ1v) is 7.27. The Labute approximate surface area is 100 Å². The van der Waals surface area contributed by atoms with Crippen LogP contribution in [0.5, 0.6) is 0 Å². The molecule has 1 N–H and O–H groups in total. The van der Waals surface area contributed by atoms with Gasteiger partial charge in [0.1, 0.15) is 10.0 Å². The lowest BCUT2D eigenvalue weighted by atomic mass is 10.1. The molecule has 0 amide bonds. The molecule has 1 rings (SSSR count). The van der Waals surface area contributed by atoms with Gasteiger partial charge in [0.2, 0.25) is 0 Å². The lowest BCUT2D eigenvalue weighted by Gasteiger charge is -2.19. The van der Waals surface area contributed by atoms with E-state index in [1.165, 1.54) is 0 Å². The van der Waals surface area contributed by atoms with Crippen LogP contribution in [0.4, 0.5) is 0 Å². The second-order valence-electron chi connectivity index (χ2n) is 4.44. The van der Waals surface area contributed by atoms with Gasteiger partial charge in [-0.2, -0.15) is 11.8 Å². The van der Waals surface area contributed by atoms with Crippen molar-refractivity contribution in [3.63, 3.8) is 0 Å². The monoisotopic (exact) mass is 245 g/mol. The highest BCUT2D eigenvalue weighted by Crippen LogP contribution is 2.13. The summed E-state index contributed by atoms with van der Waals surface area (Å²) in [6, 6.07) is 0. The Morgan fingerprint density at radius 1 is 1.27 bits per heavy atom. The van der Waals surface area contributed by atoms with Crippen molar-refractivity contribution in [3.05, 3.63) is 10.0 Å². The average molecular weight is 245 g/mol. The Morgan fingerprint density at radius 3 is 2.53 bits per heavy atom. The fourth-order valence-corrected chi connectivity index (χ4v) is 2.30. The molecule has 0 spiro atoms. The molecule has 86 valence electrons. The average Bonchev–Trinajstić information content (AvgIpc) is 2.58. The molecule has 0 fully saturated rings. The topological polar surface area (TPSA) is 37.8 Å². The van der Waals surface area contributed by atoms with Gasteiger partial charge < -0.3 is 5.32 Å². The number of hydrogen-bond acceptors (Lipinski definition) is 5. The quantitative estimate of drug-likeness (QED) is 0.864. The van der Waals surface area contributed by atoms with Gasteiger partial charge in [-0.15, -0.1) is 21.5 Å². The van der Waals surface area contributed by atoms with Crippen molar-refractivity contribution in [1.29, 1.82) is 0 Å². The van der Waals surface area contributed by atoms with Gasteiger partial charge in [-0.3, -0.25) is 0 Å². The van der Waals surface area contributed by atoms with Gasteiger partial charge in [0.05, 0.1) is 6.54 Å². The second kappa shape index (κ2) is 5.82. The van der Waals surface area contributed by atoms with Crippen LogP contribution in [-0.4, -0.2) is 27.7 Å². The van der Waals surface area contributed by atoms with E-state index in [4.69, 9.17) is 0 Å². The molecule has 0 radical (unpaired) electrons. The Morgan fingerprint density at radius 2 is 1.93 bits per heavy atom. The SMILES string of the molecule is CSCCc1nnc(CNC(C)(C)C)s1. The van der Waals surface area contributed by atoms with Crippen molar-refractivity contribution in [1.82, 2.24) is 15.5 Å². The number of thioether (sulfide) groups is 1. The summed E-state index contributed by atoms with van der Waals surface area (Å²) < 4.78 is 0. The van der Waals surface area contributed by atoms with Crippen LogP contribution in [0.25, 0.3) is 0 Å². The molecule has 0 atom stereocenters. The van der Waals surface area contributed by atoms with E-state index in [1.807, 2.05) is 11.8 Å². The summed E-state index contributed by atoms with van der Waals surface area (Å²) in [6.07, 6.45) is 3.15. The molecule has 1 aromatic rings. The van der Waals surface area contributed by atoms with Crippen molar-refractivity contribution in [2.75, 3.05) is 12.0 Å². The summed E-state index contributed by atoms with van der Waals surface area (Å²) in [5, 5.41) is 14.0. The highest BCUT2D eigenvalue weighted by molar-refractivity contribution is 7.98. The standard InChI is InChI=1S/C10H19N3S2/c1-10(2,3)11-7-9-13-12-8(15-9)5-6-14-4/h11H,5-7H2,1-4H3. The molecular weight excluding hydrogens is 226 g/mol. The summed E-state index contributed by atoms with van der Waals surface area (Å²) in [4.78, 5) is 0. The maximum Gasteiger partial charge on any atom is 0.131 e. The first kappa shape index (κ1) is 12.9. The smallest absolute Gasteiger partial charge is 0.131 e. The predicted molar refractivity (Wildman–Crippen MR) is 68.6 cm³/mol. The maximum atomic E-state index is 4.17. The van der Waals surface area contributed by atoms with E-state index in [1.54, 1.807) is 11.3 Å². The van der Waals surface area contributed by atoms with E-state index in [0.717, 1.165) is 28.7 Å². The third-order valence-electron chi connectivity index (χ3n) is 1.80. The molecule has 15 heavy (non-hydrogen) atoms. The van der Waals surface area contributed by atoms with Gasteiger partial charge in [0.25, 0.3) is 0 Å². The maximum absolute atomic E-state index is 4.17. The van der Waals surface area contributed by atoms with E-state index in [-0.39, 0.29) is 5.54 Å². The fraction of sp³-hybridized carbons (Fsp3) is 0.800. The zero-order chi connectivity index (χ0) is 11.3. The van der Waals surface area contributed by atoms with Gasteiger partial charge in [-0.25, -0.2) is 0 Å². The molecule has 0 saturated heterocycles. The molecular formula is C10H19N3S2. The molecule has 0 aliphatic carbocycles. The third kappa shape index (κ3) is 5.49. The highest BCUT2D eigenvalue weighted by atomic mass is 32.2. The molecule has 0 unspecified atom stereocenters. The number of aromatic nitrogens is 2. The lowest BCUT2D eigenvalue weighted by Crippen LogP contribution is -2.35. The van der Waals surface area contributed by atoms with Gasteiger partial charge in [0.15, 0.2) is 0 Å². The predicted octanol–water partition coefficient (Wildman–Crippen LogP) is 2.33. The van der Waals surface area contributed by atoms with Gasteiger partial charge in [-0.05, 0) is 32.8 Å². The summed E-state index contributed by atoms with van der Waals surface area (Å²) in [6.45, 7) is 7.29. The van der Waals surface area contributed by atoms with Crippen LogP contribution in [0.1, 0.15) is 30.8 Å². The lowest BCUT2D eigenvalue weighted by molar-refractivity contribution is 0.423. The molecule has 0 aromatic carbocycles. The van der Waals surface area contributed by atoms with Crippen LogP contribution in [0.3, 0.4) is 0 Å². The van der Waals surface area contributed by atoms with Crippen LogP contribution >= 0.6 is 23.1 Å². The minimum absolute atomic E-state index is 0.144. The Balaban J connectivity index is 2.39. The zero-order valence-electron chi connectivity index (χ0n) is 9.83. The van der Waals surface area contributed by atoms with Crippen molar-refractivity contribution in [3.8, 4) is 0 Å². The molecule has 0 bridgehead atoms. The molecule has 0 saturated carbocycles. The normalized spacial score (nSPS) is 12.0. The van der Waals surface area contributed by atoms with Crippen LogP contribution in [-0.2, 0) is 13.0 Å². The van der Waals surface area contributed by atoms with E-state index in [2.05, 4.69) is 42.5 Å². The number of rotatable bonds is 5. The summed E-state index contributed by atoms with van der Waals surface area (Å²) in [5.41, 5.74) is 0.144. The minimum Gasteiger partial charge on any atom is -0.306 e. The van der Waals surface area contributed by atoms with Crippen molar-refractivity contribution in [2.45, 2.75) is 39.3 Å². The number of nitrogens with one attached hydrogen (secondary N) is 1. The molecule has 0 aliphatic heterocycles. The molecule has 1 heterocycles. The van der Waals surface area contributed by atoms with Crippen molar-refractivity contribution < 1.29 is 0 Å². The fourth-order valence-electron chi connectivity index (χ4n) is 0.991. The van der Waals surface area contributed by atoms with E-state index in [9.17, 15) is 0 Å². The Hall–Kier alpha value is -0.130. The Kier molecular flexibility index (Phi) is 5.02. The third-order valence-corrected chi connectivity index (χ3v) is 3.39. The van der Waals surface area contributed by atoms with Crippen molar-refractivity contribution >= 4 is 23.1 Å². The van der Waals surface area contributed by atoms with Gasteiger partial charge in [-0.1, -0.05) is 0 Å². The highest BCUT2D eigenvalue weighted by Gasteiger charge is 2.10. The van der Waals surface area contributed by atoms with E-state index >= 15 is 0 Å². The summed E-state index contributed by atoms with van der Waals surface area (Å²) in [5.74, 6) is 1.13. The van der Waals surface area contributed by atoms with Crippen molar-refractivity contribution in [2.24, 2.45) is 0 Å². The zero-order valence-corrected chi connectivity index (χ0v) is 11.5. The summed E-state index contributed by atoms with van der Waals surface area (Å²) >= 11 is 3.56. The van der Waals surface area contributed by atoms with Gasteiger partial charge in [0, 0.05) is 12.0 Å². The van der Waals surface area contributed by atoms with Crippen LogP contribution in [0, 0.1) is 0 Å². The first-order chi connectivity index (χ1) is 7.01. The Bertz CT molecular complexity index is 291. The molecule has 5 heteroatoms. The number of nitrogens with zero attached hydrogens (tertiary/aromatic N) is 2. The van der Waals surface area contributed by atoms with E-state index < -0.39 is 0 Å². The number of hydrogen-bond donors (Lipinski definition) is 1. The van der Waals surface area contributed by atoms with Crippen LogP contribution < -0.4 is 5.32 Å². The molecule has 3 nitrogen and oxygen atoms in total. The summed E-state index contributed by atoms with van der Waals surface area (Å²) in [7, 11) is 0. The van der Waals surface area contributed by atoms with Gasteiger partial charge >= 0.3 is 0 Å². The second-order valence-corrected chi connectivity index (χ2v) is 6.57. The number of aryl methyl sites for hydroxylation is 1. The minimum atomic E-state index is 0.144. The first-order valence-electron chi connectivity index (χ1n) is 5.06. The molecule has 1 aromatic heterocycles. The van der Waals surface area contributed by atoms with Crippen LogP contribution in [0.15, 0.2) is 0 Å². The largest absolute Gasteiger partial charge is 0.306 e. The van der Waals surface area contributed by atoms with E-state index in [0.29, 0.717) is 0 Å².